The first-order valence-electron chi connectivity index (χ1n) is 6.94. The number of carbonyl (C=O) groups excluding carboxylic acids is 1. The van der Waals surface area contributed by atoms with Crippen LogP contribution in [0.4, 0.5) is 11.4 Å². The molecule has 21 heavy (non-hydrogen) atoms. The molecule has 0 bridgehead atoms. The van der Waals surface area contributed by atoms with Crippen molar-refractivity contribution in [2.24, 2.45) is 0 Å². The number of hydrogen-bond donors (Lipinski definition) is 4. The Labute approximate surface area is 124 Å². The average Bonchev–Trinajstić information content (AvgIpc) is 2.46. The van der Waals surface area contributed by atoms with Crippen LogP contribution in [0.15, 0.2) is 24.3 Å². The number of hydrogen-bond acceptors (Lipinski definition) is 5. The van der Waals surface area contributed by atoms with Gasteiger partial charge in [-0.25, -0.2) is 0 Å². The fourth-order valence-electron chi connectivity index (χ4n) is 1.91. The Bertz CT molecular complexity index is 483. The zero-order chi connectivity index (χ0) is 15.7. The fourth-order valence-corrected chi connectivity index (χ4v) is 1.91. The predicted molar refractivity (Wildman–Crippen MR) is 85.0 cm³/mol. The summed E-state index contributed by atoms with van der Waals surface area (Å²) in [5.74, 6) is -0.176. The molecule has 0 saturated carbocycles. The highest BCUT2D eigenvalue weighted by Crippen LogP contribution is 2.22. The number of amides is 1. The Kier molecular flexibility index (Phi) is 7.28. The van der Waals surface area contributed by atoms with Crippen LogP contribution in [0.1, 0.15) is 12.5 Å². The number of anilines is 2. The van der Waals surface area contributed by atoms with Crippen LogP contribution in [0.3, 0.4) is 0 Å². The van der Waals surface area contributed by atoms with Crippen LogP contribution < -0.4 is 16.0 Å². The van der Waals surface area contributed by atoms with E-state index in [4.69, 9.17) is 15.9 Å². The van der Waals surface area contributed by atoms with E-state index in [0.717, 1.165) is 11.3 Å². The van der Waals surface area contributed by atoms with Gasteiger partial charge in [-0.1, -0.05) is 0 Å². The lowest BCUT2D eigenvalue weighted by atomic mass is 10.1. The first-order chi connectivity index (χ1) is 10.1. The van der Waals surface area contributed by atoms with Crippen molar-refractivity contribution in [1.29, 1.82) is 0 Å². The van der Waals surface area contributed by atoms with Crippen molar-refractivity contribution in [3.05, 3.63) is 29.8 Å². The molecule has 116 valence electrons. The number of nitrogens with two attached hydrogens (primary N) is 1. The number of nitrogens with zero attached hydrogens (tertiary/aromatic N) is 1. The first-order valence-corrected chi connectivity index (χ1v) is 6.94. The Morgan fingerprint density at radius 1 is 1.33 bits per heavy atom. The van der Waals surface area contributed by atoms with Crippen LogP contribution in [0.2, 0.25) is 0 Å². The van der Waals surface area contributed by atoms with Gasteiger partial charge in [-0.05, 0) is 36.8 Å². The van der Waals surface area contributed by atoms with Crippen molar-refractivity contribution in [3.8, 4) is 0 Å². The van der Waals surface area contributed by atoms with Crippen LogP contribution in [0.5, 0.6) is 0 Å². The second-order valence-electron chi connectivity index (χ2n) is 4.48. The van der Waals surface area contributed by atoms with Crippen molar-refractivity contribution in [2.75, 3.05) is 43.5 Å². The zero-order valence-electron chi connectivity index (χ0n) is 12.2. The zero-order valence-corrected chi connectivity index (χ0v) is 12.2. The quantitative estimate of drug-likeness (QED) is 0.406. The number of aliphatic hydroxyl groups excluding tert-OH is 2. The number of nitrogen functional groups attached to an aromatic ring is 1. The van der Waals surface area contributed by atoms with E-state index < -0.39 is 0 Å². The highest BCUT2D eigenvalue weighted by molar-refractivity contribution is 5.92. The third kappa shape index (κ3) is 5.45. The molecule has 1 rings (SSSR count). The minimum absolute atomic E-state index is 0.00550. The van der Waals surface area contributed by atoms with E-state index in [0.29, 0.717) is 25.3 Å². The van der Waals surface area contributed by atoms with Crippen LogP contribution in [-0.4, -0.2) is 49.0 Å². The molecule has 5 N–H and O–H groups in total. The van der Waals surface area contributed by atoms with Gasteiger partial charge in [-0.2, -0.15) is 0 Å². The maximum atomic E-state index is 11.4. The third-order valence-electron chi connectivity index (χ3n) is 2.94. The van der Waals surface area contributed by atoms with Gasteiger partial charge in [0.1, 0.15) is 0 Å². The third-order valence-corrected chi connectivity index (χ3v) is 2.94. The second kappa shape index (κ2) is 8.99. The van der Waals surface area contributed by atoms with Crippen LogP contribution in [-0.2, 0) is 4.79 Å². The number of aliphatic hydroxyl groups is 2. The maximum Gasteiger partial charge on any atom is 0.243 e. The van der Waals surface area contributed by atoms with E-state index in [2.05, 4.69) is 5.32 Å². The Balaban J connectivity index is 2.95. The van der Waals surface area contributed by atoms with Gasteiger partial charge in [0.2, 0.25) is 5.91 Å². The second-order valence-corrected chi connectivity index (χ2v) is 4.48. The number of carbonyl (C=O) groups is 1. The topological polar surface area (TPSA) is 98.8 Å². The molecule has 0 atom stereocenters. The molecule has 0 aliphatic carbocycles. The molecule has 0 saturated heterocycles. The normalized spacial score (nSPS) is 10.8. The van der Waals surface area contributed by atoms with Crippen LogP contribution in [0.25, 0.3) is 6.08 Å². The summed E-state index contributed by atoms with van der Waals surface area (Å²) in [6, 6.07) is 5.40. The summed E-state index contributed by atoms with van der Waals surface area (Å²) in [6.07, 6.45) is 3.08. The Hall–Kier alpha value is -2.05. The van der Waals surface area contributed by atoms with Gasteiger partial charge in [-0.15, -0.1) is 0 Å². The number of nitrogens with one attached hydrogen (secondary N) is 1. The molecule has 0 aromatic heterocycles. The van der Waals surface area contributed by atoms with Crippen molar-refractivity contribution < 1.29 is 15.0 Å². The van der Waals surface area contributed by atoms with Gasteiger partial charge in [0, 0.05) is 37.1 Å². The van der Waals surface area contributed by atoms with E-state index in [1.807, 2.05) is 24.0 Å². The standard InChI is InChI=1S/C15H23N3O3/c1-2-17-15(21)6-3-12-11-13(4-5-14(12)16)18(7-9-19)8-10-20/h3-6,11,19-20H,2,7-10,16H2,1H3,(H,17,21). The fraction of sp³-hybridized carbons (Fsp3) is 0.400. The summed E-state index contributed by atoms with van der Waals surface area (Å²) >= 11 is 0. The molecule has 1 aromatic carbocycles. The monoisotopic (exact) mass is 293 g/mol. The van der Waals surface area contributed by atoms with Crippen molar-refractivity contribution in [1.82, 2.24) is 5.32 Å². The average molecular weight is 293 g/mol. The molecule has 1 amide bonds. The molecule has 0 radical (unpaired) electrons. The van der Waals surface area contributed by atoms with Gasteiger partial charge in [0.05, 0.1) is 13.2 Å². The molecule has 6 nitrogen and oxygen atoms in total. The van der Waals surface area contributed by atoms with E-state index in [-0.39, 0.29) is 19.1 Å². The van der Waals surface area contributed by atoms with Gasteiger partial charge in [0.25, 0.3) is 0 Å². The largest absolute Gasteiger partial charge is 0.398 e. The minimum Gasteiger partial charge on any atom is -0.398 e. The maximum absolute atomic E-state index is 11.4. The molecule has 0 fully saturated rings. The van der Waals surface area contributed by atoms with E-state index in [1.54, 1.807) is 12.1 Å². The molecule has 0 unspecified atom stereocenters. The summed E-state index contributed by atoms with van der Waals surface area (Å²) in [5.41, 5.74) is 8.02. The molecule has 0 aliphatic heterocycles. The summed E-state index contributed by atoms with van der Waals surface area (Å²) in [5, 5.41) is 20.8. The van der Waals surface area contributed by atoms with Crippen molar-refractivity contribution >= 4 is 23.4 Å². The van der Waals surface area contributed by atoms with Gasteiger partial charge >= 0.3 is 0 Å². The van der Waals surface area contributed by atoms with E-state index in [1.165, 1.54) is 6.08 Å². The summed E-state index contributed by atoms with van der Waals surface area (Å²) in [6.45, 7) is 3.25. The van der Waals surface area contributed by atoms with E-state index >= 15 is 0 Å². The summed E-state index contributed by atoms with van der Waals surface area (Å²) in [4.78, 5) is 13.3. The molecule has 0 heterocycles. The van der Waals surface area contributed by atoms with Gasteiger partial charge in [-0.3, -0.25) is 4.79 Å². The smallest absolute Gasteiger partial charge is 0.243 e. The molecular weight excluding hydrogens is 270 g/mol. The molecule has 0 aliphatic rings. The molecule has 6 heteroatoms. The summed E-state index contributed by atoms with van der Waals surface area (Å²) < 4.78 is 0. The SMILES string of the molecule is CCNC(=O)C=Cc1cc(N(CCO)CCO)ccc1N. The lowest BCUT2D eigenvalue weighted by Gasteiger charge is -2.23. The highest BCUT2D eigenvalue weighted by Gasteiger charge is 2.07. The highest BCUT2D eigenvalue weighted by atomic mass is 16.3. The summed E-state index contributed by atoms with van der Waals surface area (Å²) in [7, 11) is 0. The van der Waals surface area contributed by atoms with Crippen molar-refractivity contribution in [2.45, 2.75) is 6.92 Å². The number of benzene rings is 1. The van der Waals surface area contributed by atoms with Gasteiger partial charge < -0.3 is 26.2 Å². The van der Waals surface area contributed by atoms with Gasteiger partial charge in [0.15, 0.2) is 0 Å². The molecular formula is C15H23N3O3. The molecule has 1 aromatic rings. The minimum atomic E-state index is -0.176. The first kappa shape index (κ1) is 17.0. The molecule has 0 spiro atoms. The Morgan fingerprint density at radius 2 is 2.00 bits per heavy atom. The number of rotatable bonds is 8. The number of likely N-dealkylation sites (N-methyl/N-ethyl adjacent to an activating group) is 1. The Morgan fingerprint density at radius 3 is 2.57 bits per heavy atom. The van der Waals surface area contributed by atoms with Crippen molar-refractivity contribution in [3.63, 3.8) is 0 Å². The lowest BCUT2D eigenvalue weighted by Crippen LogP contribution is -2.29. The van der Waals surface area contributed by atoms with Crippen LogP contribution >= 0.6 is 0 Å². The predicted octanol–water partition coefficient (Wildman–Crippen LogP) is 0.209. The lowest BCUT2D eigenvalue weighted by molar-refractivity contribution is -0.116. The van der Waals surface area contributed by atoms with Crippen LogP contribution in [0, 0.1) is 0 Å². The van der Waals surface area contributed by atoms with E-state index in [9.17, 15) is 4.79 Å².